The highest BCUT2D eigenvalue weighted by Crippen LogP contribution is 2.35. The second kappa shape index (κ2) is 8.48. The van der Waals surface area contributed by atoms with Crippen LogP contribution in [0.4, 0.5) is 0 Å². The summed E-state index contributed by atoms with van der Waals surface area (Å²) in [6, 6.07) is 9.73. The topological polar surface area (TPSA) is 67.9 Å². The van der Waals surface area contributed by atoms with Gasteiger partial charge in [-0.1, -0.05) is 23.9 Å². The first-order valence-corrected chi connectivity index (χ1v) is 11.2. The number of thiophene rings is 1. The third kappa shape index (κ3) is 3.72. The Labute approximate surface area is 172 Å². The molecule has 1 aliphatic carbocycles. The fourth-order valence-corrected chi connectivity index (χ4v) is 5.86. The molecule has 0 atom stereocenters. The largest absolute Gasteiger partial charge is 0.383 e. The van der Waals surface area contributed by atoms with Crippen molar-refractivity contribution in [2.75, 3.05) is 13.7 Å². The van der Waals surface area contributed by atoms with Gasteiger partial charge in [0.15, 0.2) is 5.16 Å². The van der Waals surface area contributed by atoms with E-state index >= 15 is 0 Å². The van der Waals surface area contributed by atoms with Crippen molar-refractivity contribution in [2.45, 2.75) is 43.1 Å². The number of hydrogen-bond donors (Lipinski definition) is 0. The lowest BCUT2D eigenvalue weighted by Crippen LogP contribution is -2.25. The molecule has 144 valence electrons. The zero-order chi connectivity index (χ0) is 19.5. The van der Waals surface area contributed by atoms with Crippen LogP contribution in [-0.4, -0.2) is 23.3 Å². The van der Waals surface area contributed by atoms with Gasteiger partial charge in [0.1, 0.15) is 4.83 Å². The van der Waals surface area contributed by atoms with Crippen LogP contribution in [0.1, 0.15) is 34.4 Å². The molecule has 2 heterocycles. The van der Waals surface area contributed by atoms with Crippen molar-refractivity contribution in [2.24, 2.45) is 0 Å². The number of aryl methyl sites for hydroxylation is 2. The molecule has 0 saturated carbocycles. The first-order chi connectivity index (χ1) is 13.7. The number of nitriles is 1. The summed E-state index contributed by atoms with van der Waals surface area (Å²) in [5.74, 6) is 0.658. The maximum Gasteiger partial charge on any atom is 0.263 e. The second-order valence-corrected chi connectivity index (χ2v) is 8.86. The average Bonchev–Trinajstić information content (AvgIpc) is 3.10. The van der Waals surface area contributed by atoms with Gasteiger partial charge in [0.25, 0.3) is 5.56 Å². The highest BCUT2D eigenvalue weighted by atomic mass is 32.2. The molecular formula is C21H21N3O2S2. The number of thioether (sulfide) groups is 1. The summed E-state index contributed by atoms with van der Waals surface area (Å²) >= 11 is 3.21. The number of methoxy groups -OCH3 is 1. The van der Waals surface area contributed by atoms with Gasteiger partial charge in [-0.15, -0.1) is 11.3 Å². The fourth-order valence-electron chi connectivity index (χ4n) is 3.59. The van der Waals surface area contributed by atoms with Crippen molar-refractivity contribution in [3.8, 4) is 6.07 Å². The molecule has 3 aromatic rings. The molecule has 0 bridgehead atoms. The van der Waals surface area contributed by atoms with E-state index in [1.54, 1.807) is 29.1 Å². The van der Waals surface area contributed by atoms with Gasteiger partial charge in [0.2, 0.25) is 0 Å². The Hall–Kier alpha value is -2.14. The van der Waals surface area contributed by atoms with Crippen LogP contribution in [0.15, 0.2) is 34.2 Å². The molecular weight excluding hydrogens is 390 g/mol. The molecule has 2 aromatic heterocycles. The summed E-state index contributed by atoms with van der Waals surface area (Å²) in [5, 5.41) is 10.6. The van der Waals surface area contributed by atoms with E-state index in [0.29, 0.717) is 24.5 Å². The minimum absolute atomic E-state index is 0.0507. The molecule has 0 aliphatic heterocycles. The quantitative estimate of drug-likeness (QED) is 0.450. The molecule has 1 aromatic carbocycles. The molecule has 0 unspecified atom stereocenters. The van der Waals surface area contributed by atoms with Gasteiger partial charge < -0.3 is 4.74 Å². The minimum atomic E-state index is 0.0507. The lowest BCUT2D eigenvalue weighted by molar-refractivity contribution is 0.183. The Morgan fingerprint density at radius 2 is 2.21 bits per heavy atom. The van der Waals surface area contributed by atoms with Crippen molar-refractivity contribution in [3.63, 3.8) is 0 Å². The third-order valence-corrected chi connectivity index (χ3v) is 7.22. The molecule has 0 amide bonds. The van der Waals surface area contributed by atoms with Crippen LogP contribution in [-0.2, 0) is 29.9 Å². The van der Waals surface area contributed by atoms with Crippen LogP contribution < -0.4 is 5.56 Å². The number of nitrogens with zero attached hydrogens (tertiary/aromatic N) is 3. The number of fused-ring (bicyclic) bond motifs is 3. The number of aromatic nitrogens is 2. The van der Waals surface area contributed by atoms with E-state index in [-0.39, 0.29) is 5.56 Å². The van der Waals surface area contributed by atoms with E-state index in [4.69, 9.17) is 15.0 Å². The molecule has 0 N–H and O–H groups in total. The molecule has 0 saturated heterocycles. The highest BCUT2D eigenvalue weighted by Gasteiger charge is 2.22. The summed E-state index contributed by atoms with van der Waals surface area (Å²) in [6.07, 6.45) is 4.36. The van der Waals surface area contributed by atoms with Crippen LogP contribution >= 0.6 is 23.1 Å². The van der Waals surface area contributed by atoms with E-state index in [0.717, 1.165) is 40.2 Å². The second-order valence-electron chi connectivity index (χ2n) is 6.84. The number of rotatable bonds is 6. The molecule has 0 spiro atoms. The smallest absolute Gasteiger partial charge is 0.263 e. The molecule has 4 rings (SSSR count). The van der Waals surface area contributed by atoms with Crippen LogP contribution in [0, 0.1) is 11.3 Å². The molecule has 0 radical (unpaired) electrons. The van der Waals surface area contributed by atoms with Crippen LogP contribution in [0.25, 0.3) is 10.2 Å². The summed E-state index contributed by atoms with van der Waals surface area (Å²) < 4.78 is 6.98. The van der Waals surface area contributed by atoms with E-state index < -0.39 is 0 Å². The maximum absolute atomic E-state index is 13.3. The van der Waals surface area contributed by atoms with Gasteiger partial charge >= 0.3 is 0 Å². The Kier molecular flexibility index (Phi) is 5.81. The maximum atomic E-state index is 13.3. The van der Waals surface area contributed by atoms with Gasteiger partial charge in [0, 0.05) is 17.7 Å². The van der Waals surface area contributed by atoms with Crippen molar-refractivity contribution >= 4 is 33.3 Å². The Balaban J connectivity index is 1.73. The van der Waals surface area contributed by atoms with E-state index in [1.807, 2.05) is 18.2 Å². The number of hydrogen-bond acceptors (Lipinski definition) is 6. The zero-order valence-corrected chi connectivity index (χ0v) is 17.4. The summed E-state index contributed by atoms with van der Waals surface area (Å²) in [6.45, 7) is 0.959. The predicted molar refractivity (Wildman–Crippen MR) is 113 cm³/mol. The number of ether oxygens (including phenoxy) is 1. The first kappa shape index (κ1) is 19.2. The summed E-state index contributed by atoms with van der Waals surface area (Å²) in [4.78, 5) is 20.4. The standard InChI is InChI=1S/C21H21N3O2S2/c1-26-10-9-24-20(25)18-16-7-2-3-8-17(16)28-19(18)23-21(24)27-13-15-6-4-5-14(11-15)12-22/h4-6,11H,2-3,7-10,13H2,1H3. The van der Waals surface area contributed by atoms with Crippen molar-refractivity contribution in [1.29, 1.82) is 5.26 Å². The monoisotopic (exact) mass is 411 g/mol. The van der Waals surface area contributed by atoms with Crippen molar-refractivity contribution in [3.05, 3.63) is 56.2 Å². The van der Waals surface area contributed by atoms with Crippen LogP contribution in [0.3, 0.4) is 0 Å². The zero-order valence-electron chi connectivity index (χ0n) is 15.7. The summed E-state index contributed by atoms with van der Waals surface area (Å²) in [7, 11) is 1.64. The van der Waals surface area contributed by atoms with Gasteiger partial charge in [0.05, 0.1) is 30.2 Å². The Bertz CT molecular complexity index is 1110. The number of benzene rings is 1. The highest BCUT2D eigenvalue weighted by molar-refractivity contribution is 7.98. The van der Waals surface area contributed by atoms with Gasteiger partial charge in [-0.05, 0) is 48.9 Å². The minimum Gasteiger partial charge on any atom is -0.383 e. The van der Waals surface area contributed by atoms with E-state index in [1.165, 1.54) is 28.6 Å². The van der Waals surface area contributed by atoms with Crippen LogP contribution in [0.2, 0.25) is 0 Å². The lowest BCUT2D eigenvalue weighted by Gasteiger charge is -2.13. The fraction of sp³-hybridized carbons (Fsp3) is 0.381. The normalized spacial score (nSPS) is 13.4. The molecule has 28 heavy (non-hydrogen) atoms. The van der Waals surface area contributed by atoms with Crippen LogP contribution in [0.5, 0.6) is 0 Å². The predicted octanol–water partition coefficient (Wildman–Crippen LogP) is 4.15. The third-order valence-electron chi connectivity index (χ3n) is 4.98. The molecule has 7 heteroatoms. The first-order valence-electron chi connectivity index (χ1n) is 9.37. The van der Waals surface area contributed by atoms with E-state index in [2.05, 4.69) is 6.07 Å². The Morgan fingerprint density at radius 1 is 1.36 bits per heavy atom. The van der Waals surface area contributed by atoms with Gasteiger partial charge in [-0.2, -0.15) is 5.26 Å². The van der Waals surface area contributed by atoms with Gasteiger partial charge in [-0.3, -0.25) is 9.36 Å². The summed E-state index contributed by atoms with van der Waals surface area (Å²) in [5.41, 5.74) is 2.95. The molecule has 1 aliphatic rings. The SMILES string of the molecule is COCCn1c(SCc2cccc(C#N)c2)nc2sc3c(c2c1=O)CCCC3. The molecule has 0 fully saturated rings. The lowest BCUT2D eigenvalue weighted by atomic mass is 9.97. The molecule has 5 nitrogen and oxygen atoms in total. The van der Waals surface area contributed by atoms with Gasteiger partial charge in [-0.25, -0.2) is 4.98 Å². The Morgan fingerprint density at radius 3 is 3.04 bits per heavy atom. The van der Waals surface area contributed by atoms with Crippen molar-refractivity contribution < 1.29 is 4.74 Å². The van der Waals surface area contributed by atoms with E-state index in [9.17, 15) is 4.79 Å². The van der Waals surface area contributed by atoms with Crippen molar-refractivity contribution in [1.82, 2.24) is 9.55 Å². The average molecular weight is 412 g/mol.